The number of esters is 1. The maximum atomic E-state index is 12.6. The van der Waals surface area contributed by atoms with E-state index in [0.29, 0.717) is 48.1 Å². The number of aromatic nitrogens is 5. The number of oxazole rings is 1. The molecule has 0 amide bonds. The highest BCUT2D eigenvalue weighted by Crippen LogP contribution is 2.20. The van der Waals surface area contributed by atoms with E-state index in [1.807, 2.05) is 44.2 Å². The number of imidazole rings is 1. The maximum absolute atomic E-state index is 12.6. The lowest BCUT2D eigenvalue weighted by Crippen LogP contribution is -2.31. The van der Waals surface area contributed by atoms with Gasteiger partial charge in [-0.05, 0) is 12.8 Å². The average Bonchev–Trinajstić information content (AvgIpc) is 3.47. The van der Waals surface area contributed by atoms with Crippen molar-refractivity contribution in [2.75, 3.05) is 0 Å². The van der Waals surface area contributed by atoms with E-state index < -0.39 is 17.2 Å². The molecule has 0 atom stereocenters. The van der Waals surface area contributed by atoms with E-state index >= 15 is 0 Å². The summed E-state index contributed by atoms with van der Waals surface area (Å²) in [6, 6.07) is 9.60. The number of fused-ring (bicyclic) bond motifs is 1. The number of unbranched alkanes of at least 4 members (excludes halogenated alkanes) is 1. The van der Waals surface area contributed by atoms with Crippen LogP contribution in [-0.4, -0.2) is 30.1 Å². The number of aromatic amines is 1. The van der Waals surface area contributed by atoms with Crippen LogP contribution in [0.15, 0.2) is 50.5 Å². The molecule has 0 spiro atoms. The third-order valence-electron chi connectivity index (χ3n) is 5.66. The average molecular weight is 480 g/mol. The van der Waals surface area contributed by atoms with Crippen LogP contribution in [0.2, 0.25) is 0 Å². The van der Waals surface area contributed by atoms with Crippen molar-refractivity contribution in [1.29, 1.82) is 0 Å². The maximum Gasteiger partial charge on any atom is 0.330 e. The number of hydrogen-bond acceptors (Lipinski definition) is 7. The van der Waals surface area contributed by atoms with Gasteiger partial charge in [-0.25, -0.2) is 14.8 Å². The number of H-pyrrole nitrogens is 1. The fourth-order valence-electron chi connectivity index (χ4n) is 3.90. The second-order valence-electron chi connectivity index (χ2n) is 8.26. The van der Waals surface area contributed by atoms with Crippen LogP contribution >= 0.6 is 0 Å². The number of rotatable bonds is 11. The van der Waals surface area contributed by atoms with Gasteiger partial charge in [-0.3, -0.25) is 19.1 Å². The number of benzene rings is 1. The lowest BCUT2D eigenvalue weighted by molar-refractivity contribution is -0.145. The second kappa shape index (κ2) is 11.0. The molecule has 1 aromatic carbocycles. The van der Waals surface area contributed by atoms with E-state index in [1.54, 1.807) is 10.8 Å². The van der Waals surface area contributed by atoms with Gasteiger partial charge < -0.3 is 13.7 Å². The van der Waals surface area contributed by atoms with Gasteiger partial charge in [0.1, 0.15) is 12.4 Å². The second-order valence-corrected chi connectivity index (χ2v) is 8.26. The first-order valence-corrected chi connectivity index (χ1v) is 11.9. The molecule has 0 saturated heterocycles. The van der Waals surface area contributed by atoms with Crippen molar-refractivity contribution in [2.45, 2.75) is 65.6 Å². The van der Waals surface area contributed by atoms with Gasteiger partial charge in [0.05, 0.1) is 12.6 Å². The van der Waals surface area contributed by atoms with E-state index in [2.05, 4.69) is 15.0 Å². The Morgan fingerprint density at radius 1 is 1.09 bits per heavy atom. The predicted octanol–water partition coefficient (Wildman–Crippen LogP) is 3.43. The van der Waals surface area contributed by atoms with Crippen molar-refractivity contribution in [3.05, 3.63) is 69.1 Å². The Kier molecular flexibility index (Phi) is 7.59. The molecule has 3 heterocycles. The molecular formula is C25H29N5O5. The van der Waals surface area contributed by atoms with Gasteiger partial charge in [-0.2, -0.15) is 0 Å². The van der Waals surface area contributed by atoms with Gasteiger partial charge in [0.25, 0.3) is 5.56 Å². The molecule has 10 heteroatoms. The van der Waals surface area contributed by atoms with Crippen molar-refractivity contribution in [2.24, 2.45) is 0 Å². The van der Waals surface area contributed by atoms with Crippen molar-refractivity contribution in [3.63, 3.8) is 0 Å². The fraction of sp³-hybridized carbons (Fsp3) is 0.400. The van der Waals surface area contributed by atoms with Crippen molar-refractivity contribution >= 4 is 17.1 Å². The van der Waals surface area contributed by atoms with Gasteiger partial charge >= 0.3 is 11.7 Å². The molecular weight excluding hydrogens is 450 g/mol. The number of ether oxygens (including phenoxy) is 1. The third-order valence-corrected chi connectivity index (χ3v) is 5.66. The summed E-state index contributed by atoms with van der Waals surface area (Å²) in [5, 5.41) is 0. The van der Waals surface area contributed by atoms with Crippen molar-refractivity contribution < 1.29 is 13.9 Å². The molecule has 0 saturated carbocycles. The van der Waals surface area contributed by atoms with Gasteiger partial charge in [0.15, 0.2) is 22.8 Å². The molecule has 0 unspecified atom stereocenters. The molecule has 10 nitrogen and oxygen atoms in total. The van der Waals surface area contributed by atoms with E-state index in [-0.39, 0.29) is 13.0 Å². The van der Waals surface area contributed by atoms with E-state index in [9.17, 15) is 14.4 Å². The summed E-state index contributed by atoms with van der Waals surface area (Å²) >= 11 is 0. The van der Waals surface area contributed by atoms with Crippen LogP contribution < -0.4 is 11.2 Å². The molecule has 184 valence electrons. The van der Waals surface area contributed by atoms with Crippen LogP contribution in [0.1, 0.15) is 51.2 Å². The van der Waals surface area contributed by atoms with Crippen LogP contribution in [0.25, 0.3) is 22.5 Å². The molecule has 0 aliphatic rings. The summed E-state index contributed by atoms with van der Waals surface area (Å²) in [5.41, 5.74) is 0.577. The highest BCUT2D eigenvalue weighted by Gasteiger charge is 2.19. The zero-order valence-electron chi connectivity index (χ0n) is 20.0. The first kappa shape index (κ1) is 24.2. The summed E-state index contributed by atoms with van der Waals surface area (Å²) in [7, 11) is 0. The molecule has 35 heavy (non-hydrogen) atoms. The third kappa shape index (κ3) is 5.42. The molecule has 3 aromatic heterocycles. The Labute approximate surface area is 201 Å². The summed E-state index contributed by atoms with van der Waals surface area (Å²) in [6.45, 7) is 4.86. The largest absolute Gasteiger partial charge is 0.457 e. The van der Waals surface area contributed by atoms with E-state index in [0.717, 1.165) is 24.8 Å². The van der Waals surface area contributed by atoms with Crippen LogP contribution in [0, 0.1) is 0 Å². The molecule has 0 aliphatic heterocycles. The van der Waals surface area contributed by atoms with Crippen molar-refractivity contribution in [3.8, 4) is 11.3 Å². The number of nitrogens with zero attached hydrogens (tertiary/aromatic N) is 4. The van der Waals surface area contributed by atoms with Gasteiger partial charge in [0.2, 0.25) is 0 Å². The van der Waals surface area contributed by atoms with Gasteiger partial charge in [-0.1, -0.05) is 50.6 Å². The minimum absolute atomic E-state index is 0.0878. The Bertz CT molecular complexity index is 1410. The lowest BCUT2D eigenvalue weighted by Gasteiger charge is -2.08. The first-order valence-electron chi connectivity index (χ1n) is 11.9. The van der Waals surface area contributed by atoms with Crippen molar-refractivity contribution in [1.82, 2.24) is 24.1 Å². The minimum Gasteiger partial charge on any atom is -0.457 e. The SMILES string of the molecule is CCCCn1c(=O)[nH]c(=O)c2c1nc(COC(=O)CCc1ncc(-c3ccccc3)o1)n2CCC. The molecule has 0 radical (unpaired) electrons. The highest BCUT2D eigenvalue weighted by atomic mass is 16.5. The number of hydrogen-bond donors (Lipinski definition) is 1. The van der Waals surface area contributed by atoms with Crippen LogP contribution in [-0.2, 0) is 35.6 Å². The Morgan fingerprint density at radius 2 is 1.89 bits per heavy atom. The topological polar surface area (TPSA) is 125 Å². The van der Waals surface area contributed by atoms with Crippen LogP contribution in [0.5, 0.6) is 0 Å². The normalized spacial score (nSPS) is 11.3. The summed E-state index contributed by atoms with van der Waals surface area (Å²) in [4.78, 5) is 48.5. The highest BCUT2D eigenvalue weighted by molar-refractivity contribution is 5.72. The standard InChI is InChI=1S/C25H29N5O5/c1-3-5-14-30-23-22(24(32)28-25(30)33)29(13-4-2)19(27-23)16-34-21(31)12-11-20-26-15-18(35-20)17-9-7-6-8-10-17/h6-10,15H,3-5,11-14,16H2,1-2H3,(H,28,32,33). The van der Waals surface area contributed by atoms with Crippen LogP contribution in [0.4, 0.5) is 0 Å². The molecule has 1 N–H and O–H groups in total. The first-order chi connectivity index (χ1) is 17.0. The predicted molar refractivity (Wildman–Crippen MR) is 130 cm³/mol. The zero-order chi connectivity index (χ0) is 24.8. The molecule has 0 bridgehead atoms. The molecule has 0 aliphatic carbocycles. The lowest BCUT2D eigenvalue weighted by atomic mass is 10.2. The summed E-state index contributed by atoms with van der Waals surface area (Å²) < 4.78 is 14.4. The monoisotopic (exact) mass is 479 g/mol. The van der Waals surface area contributed by atoms with Crippen LogP contribution in [0.3, 0.4) is 0 Å². The quantitative estimate of drug-likeness (QED) is 0.327. The Morgan fingerprint density at radius 3 is 2.63 bits per heavy atom. The summed E-state index contributed by atoms with van der Waals surface area (Å²) in [5.74, 6) is 1.09. The van der Waals surface area contributed by atoms with Gasteiger partial charge in [0, 0.05) is 25.1 Å². The zero-order valence-corrected chi connectivity index (χ0v) is 20.0. The van der Waals surface area contributed by atoms with E-state index in [4.69, 9.17) is 9.15 Å². The number of carbonyl (C=O) groups excluding carboxylic acids is 1. The molecule has 0 fully saturated rings. The number of aryl methyl sites for hydroxylation is 3. The molecule has 4 aromatic rings. The smallest absolute Gasteiger partial charge is 0.330 e. The Hall–Kier alpha value is -3.95. The van der Waals surface area contributed by atoms with E-state index in [1.165, 1.54) is 4.57 Å². The molecule has 4 rings (SSSR count). The fourth-order valence-corrected chi connectivity index (χ4v) is 3.90. The van der Waals surface area contributed by atoms with Gasteiger partial charge in [-0.15, -0.1) is 0 Å². The summed E-state index contributed by atoms with van der Waals surface area (Å²) in [6.07, 6.45) is 4.44. The number of nitrogens with one attached hydrogen (secondary N) is 1. The number of carbonyl (C=O) groups is 1. The Balaban J connectivity index is 1.46. The minimum atomic E-state index is -0.491.